The van der Waals surface area contributed by atoms with Crippen molar-refractivity contribution in [1.29, 1.82) is 0 Å². The summed E-state index contributed by atoms with van der Waals surface area (Å²) in [6, 6.07) is 15.0. The molecule has 2 aromatic carbocycles. The van der Waals surface area contributed by atoms with E-state index in [0.717, 1.165) is 11.1 Å². The number of aromatic nitrogens is 2. The van der Waals surface area contributed by atoms with Crippen molar-refractivity contribution < 1.29 is 5.11 Å². The molecule has 0 bridgehead atoms. The van der Waals surface area contributed by atoms with Crippen LogP contribution in [0.15, 0.2) is 58.3 Å². The summed E-state index contributed by atoms with van der Waals surface area (Å²) in [5.41, 5.74) is 3.06. The lowest BCUT2D eigenvalue weighted by atomic mass is 10.2. The first-order valence-electron chi connectivity index (χ1n) is 7.72. The summed E-state index contributed by atoms with van der Waals surface area (Å²) in [6.45, 7) is 3.92. The second kappa shape index (κ2) is 6.86. The lowest BCUT2D eigenvalue weighted by molar-refractivity contribution is 0.432. The van der Waals surface area contributed by atoms with Crippen LogP contribution in [-0.2, 0) is 0 Å². The van der Waals surface area contributed by atoms with Crippen molar-refractivity contribution >= 4 is 24.1 Å². The summed E-state index contributed by atoms with van der Waals surface area (Å²) < 4.78 is 1.54. The highest BCUT2D eigenvalue weighted by Gasteiger charge is 2.12. The Kier molecular flexibility index (Phi) is 4.63. The van der Waals surface area contributed by atoms with Crippen LogP contribution in [0.3, 0.4) is 0 Å². The van der Waals surface area contributed by atoms with Crippen LogP contribution >= 0.6 is 12.2 Å². The van der Waals surface area contributed by atoms with Crippen molar-refractivity contribution in [3.63, 3.8) is 0 Å². The van der Waals surface area contributed by atoms with Crippen molar-refractivity contribution in [2.75, 3.05) is 0 Å². The van der Waals surface area contributed by atoms with Gasteiger partial charge in [-0.3, -0.25) is 19.3 Å². The molecule has 25 heavy (non-hydrogen) atoms. The molecule has 2 N–H and O–H groups in total. The Labute approximate surface area is 149 Å². The van der Waals surface area contributed by atoms with Crippen molar-refractivity contribution in [3.05, 3.63) is 80.3 Å². The first kappa shape index (κ1) is 16.9. The molecule has 1 aromatic heterocycles. The van der Waals surface area contributed by atoms with Crippen LogP contribution in [0.25, 0.3) is 5.69 Å². The number of hydrogen-bond donors (Lipinski definition) is 2. The Bertz CT molecular complexity index is 1060. The zero-order valence-electron chi connectivity index (χ0n) is 13.9. The number of H-pyrrole nitrogens is 1. The molecule has 126 valence electrons. The minimum atomic E-state index is -0.484. The molecule has 5 nitrogen and oxygen atoms in total. The van der Waals surface area contributed by atoms with Gasteiger partial charge in [0.05, 0.1) is 11.4 Å². The van der Waals surface area contributed by atoms with Crippen molar-refractivity contribution in [2.24, 2.45) is 4.99 Å². The second-order valence-electron chi connectivity index (χ2n) is 5.76. The van der Waals surface area contributed by atoms with Gasteiger partial charge in [0.15, 0.2) is 4.77 Å². The summed E-state index contributed by atoms with van der Waals surface area (Å²) >= 11 is 5.21. The summed E-state index contributed by atoms with van der Waals surface area (Å²) in [5.74, 6) is -0.241. The number of aromatic amines is 1. The smallest absolute Gasteiger partial charge is 0.264 e. The van der Waals surface area contributed by atoms with Crippen molar-refractivity contribution in [3.8, 4) is 11.6 Å². The number of aliphatic imine (C=N–C) groups is 1. The minimum Gasteiger partial charge on any atom is -0.494 e. The summed E-state index contributed by atoms with van der Waals surface area (Å²) in [7, 11) is 0. The van der Waals surface area contributed by atoms with E-state index in [4.69, 9.17) is 12.2 Å². The van der Waals surface area contributed by atoms with E-state index in [0.29, 0.717) is 11.4 Å². The van der Waals surface area contributed by atoms with Crippen LogP contribution in [-0.4, -0.2) is 20.9 Å². The maximum absolute atomic E-state index is 12.2. The summed E-state index contributed by atoms with van der Waals surface area (Å²) in [4.78, 5) is 19.1. The number of benzene rings is 2. The molecule has 3 aromatic rings. The van der Waals surface area contributed by atoms with E-state index in [1.165, 1.54) is 10.8 Å². The Morgan fingerprint density at radius 2 is 1.84 bits per heavy atom. The Morgan fingerprint density at radius 3 is 2.52 bits per heavy atom. The molecule has 3 rings (SSSR count). The van der Waals surface area contributed by atoms with Crippen molar-refractivity contribution in [1.82, 2.24) is 9.55 Å². The highest BCUT2D eigenvalue weighted by molar-refractivity contribution is 7.71. The van der Waals surface area contributed by atoms with Gasteiger partial charge in [-0.15, -0.1) is 0 Å². The lowest BCUT2D eigenvalue weighted by Gasteiger charge is -2.11. The first-order valence-corrected chi connectivity index (χ1v) is 8.12. The number of aryl methyl sites for hydroxylation is 2. The van der Waals surface area contributed by atoms with E-state index in [2.05, 4.69) is 9.98 Å². The van der Waals surface area contributed by atoms with Crippen LogP contribution in [0.1, 0.15) is 16.7 Å². The zero-order valence-corrected chi connectivity index (χ0v) is 14.7. The normalized spacial score (nSPS) is 11.1. The number of hydrogen-bond acceptors (Lipinski definition) is 4. The summed E-state index contributed by atoms with van der Waals surface area (Å²) in [6.07, 6.45) is 1.35. The number of nitrogens with one attached hydrogen (secondary N) is 1. The molecule has 0 radical (unpaired) electrons. The van der Waals surface area contributed by atoms with Crippen LogP contribution in [0, 0.1) is 18.6 Å². The van der Waals surface area contributed by atoms with E-state index in [-0.39, 0.29) is 16.2 Å². The molecule has 0 unspecified atom stereocenters. The highest BCUT2D eigenvalue weighted by atomic mass is 32.1. The van der Waals surface area contributed by atoms with Crippen LogP contribution in [0.4, 0.5) is 5.69 Å². The van der Waals surface area contributed by atoms with Crippen LogP contribution in [0.2, 0.25) is 0 Å². The topological polar surface area (TPSA) is 70.4 Å². The molecule has 0 aliphatic carbocycles. The fraction of sp³-hybridized carbons (Fsp3) is 0.105. The molecule has 0 amide bonds. The Balaban J connectivity index is 2.12. The van der Waals surface area contributed by atoms with Gasteiger partial charge in [0.25, 0.3) is 5.56 Å². The number of aromatic hydroxyl groups is 1. The molecular weight excluding hydrogens is 334 g/mol. The van der Waals surface area contributed by atoms with Crippen LogP contribution < -0.4 is 5.56 Å². The zero-order chi connectivity index (χ0) is 18.0. The van der Waals surface area contributed by atoms with Gasteiger partial charge in [-0.25, -0.2) is 0 Å². The molecule has 0 spiro atoms. The fourth-order valence-corrected chi connectivity index (χ4v) is 2.72. The quantitative estimate of drug-likeness (QED) is 0.554. The Hall–Kier alpha value is -2.99. The largest absolute Gasteiger partial charge is 0.494 e. The van der Waals surface area contributed by atoms with E-state index in [9.17, 15) is 9.90 Å². The minimum absolute atomic E-state index is 0.0516. The van der Waals surface area contributed by atoms with Gasteiger partial charge in [0.2, 0.25) is 5.88 Å². The fourth-order valence-electron chi connectivity index (χ4n) is 2.43. The van der Waals surface area contributed by atoms with Gasteiger partial charge in [-0.2, -0.15) is 0 Å². The molecule has 0 aliphatic heterocycles. The average molecular weight is 351 g/mol. The maximum atomic E-state index is 12.2. The monoisotopic (exact) mass is 351 g/mol. The second-order valence-corrected chi connectivity index (χ2v) is 6.15. The average Bonchev–Trinajstić information content (AvgIpc) is 2.56. The molecule has 0 saturated carbocycles. The van der Waals surface area contributed by atoms with Gasteiger partial charge >= 0.3 is 0 Å². The van der Waals surface area contributed by atoms with E-state index >= 15 is 0 Å². The van der Waals surface area contributed by atoms with Gasteiger partial charge in [-0.05, 0) is 55.9 Å². The lowest BCUT2D eigenvalue weighted by Crippen LogP contribution is -2.18. The standard InChI is InChI=1S/C19H17N3O2S/c1-12-6-8-14(9-7-12)20-11-16-17(23)21-19(25)22(18(16)24)15-5-3-4-13(2)10-15/h3-11,24H,1-2H3,(H,21,23,25). The van der Waals surface area contributed by atoms with Gasteiger partial charge in [-0.1, -0.05) is 29.8 Å². The van der Waals surface area contributed by atoms with Gasteiger partial charge in [0, 0.05) is 6.21 Å². The first-order chi connectivity index (χ1) is 12.0. The molecule has 1 heterocycles. The van der Waals surface area contributed by atoms with E-state index in [1.807, 2.05) is 62.4 Å². The molecular formula is C19H17N3O2S. The van der Waals surface area contributed by atoms with Crippen molar-refractivity contribution in [2.45, 2.75) is 13.8 Å². The third kappa shape index (κ3) is 3.59. The molecule has 0 saturated heterocycles. The Morgan fingerprint density at radius 1 is 1.12 bits per heavy atom. The predicted octanol–water partition coefficient (Wildman–Crippen LogP) is 3.97. The molecule has 0 fully saturated rings. The van der Waals surface area contributed by atoms with Gasteiger partial charge < -0.3 is 5.11 Å². The predicted molar refractivity (Wildman–Crippen MR) is 102 cm³/mol. The maximum Gasteiger partial charge on any atom is 0.264 e. The van der Waals surface area contributed by atoms with Crippen LogP contribution in [0.5, 0.6) is 5.88 Å². The summed E-state index contributed by atoms with van der Waals surface area (Å²) in [5, 5.41) is 10.6. The highest BCUT2D eigenvalue weighted by Crippen LogP contribution is 2.20. The van der Waals surface area contributed by atoms with E-state index in [1.54, 1.807) is 0 Å². The van der Waals surface area contributed by atoms with E-state index < -0.39 is 5.56 Å². The third-order valence-corrected chi connectivity index (χ3v) is 4.04. The number of nitrogens with zero attached hydrogens (tertiary/aromatic N) is 2. The van der Waals surface area contributed by atoms with Gasteiger partial charge in [0.1, 0.15) is 5.56 Å². The number of rotatable bonds is 3. The molecule has 0 atom stereocenters. The SMILES string of the molecule is Cc1ccc(N=Cc2c(O)n(-c3cccc(C)c3)c(=S)[nH]c2=O)cc1. The molecule has 0 aliphatic rings. The molecule has 6 heteroatoms. The third-order valence-electron chi connectivity index (χ3n) is 3.76.